The third kappa shape index (κ3) is 3.01. The van der Waals surface area contributed by atoms with Crippen LogP contribution in [-0.4, -0.2) is 33.3 Å². The lowest BCUT2D eigenvalue weighted by molar-refractivity contribution is 0.312. The molecule has 2 heterocycles. The molecule has 0 spiro atoms. The molecule has 0 amide bonds. The van der Waals surface area contributed by atoms with E-state index in [9.17, 15) is 0 Å². The van der Waals surface area contributed by atoms with Crippen LogP contribution < -0.4 is 5.32 Å². The van der Waals surface area contributed by atoms with Crippen molar-refractivity contribution in [3.63, 3.8) is 0 Å². The Morgan fingerprint density at radius 3 is 2.81 bits per heavy atom. The highest BCUT2D eigenvalue weighted by molar-refractivity contribution is 4.83. The van der Waals surface area contributed by atoms with Gasteiger partial charge in [-0.3, -0.25) is 0 Å². The van der Waals surface area contributed by atoms with Crippen LogP contribution in [0, 0.1) is 11.8 Å². The molecule has 1 aliphatic rings. The van der Waals surface area contributed by atoms with Crippen molar-refractivity contribution in [3.05, 3.63) is 5.82 Å². The number of hydrogen-bond donors (Lipinski definition) is 1. The van der Waals surface area contributed by atoms with E-state index >= 15 is 0 Å². The molecule has 0 aromatic carbocycles. The molecule has 0 aliphatic carbocycles. The predicted octanol–water partition coefficient (Wildman–Crippen LogP) is 0.871. The van der Waals surface area contributed by atoms with Crippen LogP contribution in [0.25, 0.3) is 0 Å². The van der Waals surface area contributed by atoms with Crippen molar-refractivity contribution in [1.29, 1.82) is 0 Å². The maximum absolute atomic E-state index is 4.11. The van der Waals surface area contributed by atoms with Crippen LogP contribution in [0.3, 0.4) is 0 Å². The van der Waals surface area contributed by atoms with E-state index in [1.807, 2.05) is 4.68 Å². The van der Waals surface area contributed by atoms with Crippen molar-refractivity contribution < 1.29 is 0 Å². The van der Waals surface area contributed by atoms with Crippen LogP contribution in [0.15, 0.2) is 0 Å². The number of aromatic nitrogens is 4. The van der Waals surface area contributed by atoms with Gasteiger partial charge in [0.15, 0.2) is 5.82 Å². The molecule has 1 aromatic heterocycles. The number of hydrogen-bond acceptors (Lipinski definition) is 4. The molecule has 90 valence electrons. The van der Waals surface area contributed by atoms with Crippen LogP contribution in [0.5, 0.6) is 0 Å². The molecule has 0 atom stereocenters. The van der Waals surface area contributed by atoms with Crippen LogP contribution in [0.1, 0.15) is 32.5 Å². The first kappa shape index (κ1) is 11.5. The van der Waals surface area contributed by atoms with E-state index in [-0.39, 0.29) is 0 Å². The summed E-state index contributed by atoms with van der Waals surface area (Å²) in [5.41, 5.74) is 0. The van der Waals surface area contributed by atoms with Crippen molar-refractivity contribution in [3.8, 4) is 0 Å². The second-order valence-corrected chi connectivity index (χ2v) is 5.07. The second-order valence-electron chi connectivity index (χ2n) is 5.07. The Labute approximate surface area is 96.6 Å². The molecule has 1 N–H and O–H groups in total. The van der Waals surface area contributed by atoms with E-state index < -0.39 is 0 Å². The van der Waals surface area contributed by atoms with Crippen LogP contribution in [0.4, 0.5) is 0 Å². The Balaban J connectivity index is 1.94. The molecule has 1 aliphatic heterocycles. The summed E-state index contributed by atoms with van der Waals surface area (Å²) in [6.07, 6.45) is 3.44. The highest BCUT2D eigenvalue weighted by Crippen LogP contribution is 2.15. The smallest absolute Gasteiger partial charge is 0.151 e. The van der Waals surface area contributed by atoms with Gasteiger partial charge in [-0.05, 0) is 48.2 Å². The molecule has 1 fully saturated rings. The van der Waals surface area contributed by atoms with Gasteiger partial charge in [-0.25, -0.2) is 4.68 Å². The SMILES string of the molecule is CC(C)Cc1nnnn1CC1CCNCC1. The molecule has 0 unspecified atom stereocenters. The van der Waals surface area contributed by atoms with Crippen LogP contribution in [-0.2, 0) is 13.0 Å². The summed E-state index contributed by atoms with van der Waals surface area (Å²) in [5, 5.41) is 15.4. The van der Waals surface area contributed by atoms with Crippen molar-refractivity contribution in [2.24, 2.45) is 11.8 Å². The van der Waals surface area contributed by atoms with Gasteiger partial charge >= 0.3 is 0 Å². The minimum atomic E-state index is 0.609. The zero-order valence-electron chi connectivity index (χ0n) is 10.2. The van der Waals surface area contributed by atoms with Gasteiger partial charge in [0.25, 0.3) is 0 Å². The normalized spacial score (nSPS) is 18.2. The van der Waals surface area contributed by atoms with Gasteiger partial charge in [0.1, 0.15) is 0 Å². The highest BCUT2D eigenvalue weighted by Gasteiger charge is 2.16. The van der Waals surface area contributed by atoms with Crippen LogP contribution >= 0.6 is 0 Å². The molecule has 16 heavy (non-hydrogen) atoms. The van der Waals surface area contributed by atoms with Crippen molar-refractivity contribution in [2.75, 3.05) is 13.1 Å². The standard InChI is InChI=1S/C11H21N5/c1-9(2)7-11-13-14-15-16(11)8-10-3-5-12-6-4-10/h9-10,12H,3-8H2,1-2H3. The molecule has 5 heteroatoms. The van der Waals surface area contributed by atoms with Gasteiger partial charge < -0.3 is 5.32 Å². The minimum Gasteiger partial charge on any atom is -0.317 e. The molecular formula is C11H21N5. The first-order valence-electron chi connectivity index (χ1n) is 6.21. The van der Waals surface area contributed by atoms with Crippen molar-refractivity contribution >= 4 is 0 Å². The summed E-state index contributed by atoms with van der Waals surface area (Å²) >= 11 is 0. The molecular weight excluding hydrogens is 202 g/mol. The Hall–Kier alpha value is -0.970. The topological polar surface area (TPSA) is 55.6 Å². The van der Waals surface area contributed by atoms with E-state index in [0.29, 0.717) is 5.92 Å². The van der Waals surface area contributed by atoms with Gasteiger partial charge in [-0.1, -0.05) is 13.8 Å². The largest absolute Gasteiger partial charge is 0.317 e. The lowest BCUT2D eigenvalue weighted by Crippen LogP contribution is -2.30. The quantitative estimate of drug-likeness (QED) is 0.823. The van der Waals surface area contributed by atoms with Gasteiger partial charge in [0.05, 0.1) is 0 Å². The van der Waals surface area contributed by atoms with Crippen molar-refractivity contribution in [1.82, 2.24) is 25.5 Å². The fourth-order valence-electron chi connectivity index (χ4n) is 2.19. The van der Waals surface area contributed by atoms with Gasteiger partial charge in [-0.2, -0.15) is 0 Å². The number of tetrazole rings is 1. The van der Waals surface area contributed by atoms with E-state index in [4.69, 9.17) is 0 Å². The Bertz CT molecular complexity index is 314. The highest BCUT2D eigenvalue weighted by atomic mass is 15.5. The summed E-state index contributed by atoms with van der Waals surface area (Å²) in [5.74, 6) is 2.38. The average molecular weight is 223 g/mol. The molecule has 1 aromatic rings. The number of rotatable bonds is 4. The average Bonchev–Trinajstić information content (AvgIpc) is 2.66. The summed E-state index contributed by atoms with van der Waals surface area (Å²) in [4.78, 5) is 0. The van der Waals surface area contributed by atoms with E-state index in [2.05, 4.69) is 34.7 Å². The first-order chi connectivity index (χ1) is 7.75. The second kappa shape index (κ2) is 5.39. The van der Waals surface area contributed by atoms with E-state index in [1.165, 1.54) is 12.8 Å². The summed E-state index contributed by atoms with van der Waals surface area (Å²) in [7, 11) is 0. The summed E-state index contributed by atoms with van der Waals surface area (Å²) < 4.78 is 2.00. The van der Waals surface area contributed by atoms with Crippen LogP contribution in [0.2, 0.25) is 0 Å². The van der Waals surface area contributed by atoms with E-state index in [0.717, 1.165) is 37.8 Å². The minimum absolute atomic E-state index is 0.609. The number of piperidine rings is 1. The molecule has 1 saturated heterocycles. The Morgan fingerprint density at radius 2 is 2.12 bits per heavy atom. The fourth-order valence-corrected chi connectivity index (χ4v) is 2.19. The Kier molecular flexibility index (Phi) is 3.88. The van der Waals surface area contributed by atoms with E-state index in [1.54, 1.807) is 0 Å². The maximum atomic E-state index is 4.11. The summed E-state index contributed by atoms with van der Waals surface area (Å²) in [6, 6.07) is 0. The first-order valence-corrected chi connectivity index (χ1v) is 6.21. The predicted molar refractivity (Wildman–Crippen MR) is 62.0 cm³/mol. The molecule has 2 rings (SSSR count). The number of nitrogens with zero attached hydrogens (tertiary/aromatic N) is 4. The van der Waals surface area contributed by atoms with Gasteiger partial charge in [0.2, 0.25) is 0 Å². The third-order valence-corrected chi connectivity index (χ3v) is 3.09. The third-order valence-electron chi connectivity index (χ3n) is 3.09. The Morgan fingerprint density at radius 1 is 1.38 bits per heavy atom. The lowest BCUT2D eigenvalue weighted by Gasteiger charge is -2.22. The number of nitrogens with one attached hydrogen (secondary N) is 1. The molecule has 5 nitrogen and oxygen atoms in total. The molecule has 0 bridgehead atoms. The maximum Gasteiger partial charge on any atom is 0.151 e. The summed E-state index contributed by atoms with van der Waals surface area (Å²) in [6.45, 7) is 7.64. The monoisotopic (exact) mass is 223 g/mol. The van der Waals surface area contributed by atoms with Gasteiger partial charge in [0, 0.05) is 13.0 Å². The lowest BCUT2D eigenvalue weighted by atomic mass is 9.98. The zero-order valence-corrected chi connectivity index (χ0v) is 10.2. The zero-order chi connectivity index (χ0) is 11.4. The van der Waals surface area contributed by atoms with Gasteiger partial charge in [-0.15, -0.1) is 5.10 Å². The van der Waals surface area contributed by atoms with Crippen molar-refractivity contribution in [2.45, 2.75) is 39.7 Å². The molecule has 0 saturated carbocycles. The molecule has 0 radical (unpaired) electrons. The fraction of sp³-hybridized carbons (Fsp3) is 0.909.